The van der Waals surface area contributed by atoms with Crippen molar-refractivity contribution in [2.75, 3.05) is 6.54 Å². The lowest BCUT2D eigenvalue weighted by molar-refractivity contribution is 0.467. The molecule has 1 heterocycles. The van der Waals surface area contributed by atoms with E-state index in [9.17, 15) is 0 Å². The molecule has 0 amide bonds. The maximum atomic E-state index is 6.06. The van der Waals surface area contributed by atoms with Crippen LogP contribution in [0.5, 0.6) is 11.5 Å². The van der Waals surface area contributed by atoms with Crippen LogP contribution in [-0.4, -0.2) is 11.5 Å². The first-order valence-corrected chi connectivity index (χ1v) is 7.66. The van der Waals surface area contributed by atoms with Crippen molar-refractivity contribution in [1.82, 2.24) is 10.3 Å². The fourth-order valence-corrected chi connectivity index (χ4v) is 2.21. The Morgan fingerprint density at radius 2 is 2.00 bits per heavy atom. The van der Waals surface area contributed by atoms with Crippen LogP contribution in [0.15, 0.2) is 42.7 Å². The third kappa shape index (κ3) is 4.30. The Morgan fingerprint density at radius 3 is 2.76 bits per heavy atom. The molecule has 0 bridgehead atoms. The quantitative estimate of drug-likeness (QED) is 0.813. The largest absolute Gasteiger partial charge is 0.455 e. The molecule has 0 aliphatic carbocycles. The molecule has 1 unspecified atom stereocenters. The molecule has 3 nitrogen and oxygen atoms in total. The maximum Gasteiger partial charge on any atom is 0.146 e. The van der Waals surface area contributed by atoms with Crippen LogP contribution in [0.1, 0.15) is 44.2 Å². The standard InChI is InChI=1S/C18H24N2O/c1-4-14(3)17-8-6-7-9-18(17)21-16-10-15(11-19-5-2)12-20-13-16/h6-10,12-14,19H,4-5,11H2,1-3H3. The van der Waals surface area contributed by atoms with Gasteiger partial charge in [0.05, 0.1) is 6.20 Å². The lowest BCUT2D eigenvalue weighted by atomic mass is 9.98. The van der Waals surface area contributed by atoms with Gasteiger partial charge in [-0.1, -0.05) is 39.0 Å². The van der Waals surface area contributed by atoms with Crippen molar-refractivity contribution in [2.45, 2.75) is 39.7 Å². The molecule has 0 radical (unpaired) electrons. The highest BCUT2D eigenvalue weighted by Gasteiger charge is 2.10. The van der Waals surface area contributed by atoms with E-state index in [1.165, 1.54) is 5.56 Å². The average molecular weight is 284 g/mol. The molecule has 1 N–H and O–H groups in total. The second-order valence-corrected chi connectivity index (χ2v) is 5.26. The Labute approximate surface area is 127 Å². The van der Waals surface area contributed by atoms with Crippen LogP contribution in [-0.2, 0) is 6.54 Å². The minimum Gasteiger partial charge on any atom is -0.455 e. The predicted molar refractivity (Wildman–Crippen MR) is 86.8 cm³/mol. The van der Waals surface area contributed by atoms with Crippen molar-refractivity contribution in [1.29, 1.82) is 0 Å². The Hall–Kier alpha value is -1.87. The van der Waals surface area contributed by atoms with Gasteiger partial charge in [0.1, 0.15) is 11.5 Å². The van der Waals surface area contributed by atoms with Crippen LogP contribution in [0, 0.1) is 0 Å². The SMILES string of the molecule is CCNCc1cncc(Oc2ccccc2C(C)CC)c1. The molecular formula is C18H24N2O. The normalized spacial score (nSPS) is 12.1. The molecular weight excluding hydrogens is 260 g/mol. The number of hydrogen-bond acceptors (Lipinski definition) is 3. The van der Waals surface area contributed by atoms with E-state index in [-0.39, 0.29) is 0 Å². The molecule has 21 heavy (non-hydrogen) atoms. The zero-order valence-corrected chi connectivity index (χ0v) is 13.1. The van der Waals surface area contributed by atoms with Gasteiger partial charge in [-0.15, -0.1) is 0 Å². The summed E-state index contributed by atoms with van der Waals surface area (Å²) >= 11 is 0. The van der Waals surface area contributed by atoms with Crippen molar-refractivity contribution < 1.29 is 4.74 Å². The summed E-state index contributed by atoms with van der Waals surface area (Å²) in [6, 6.07) is 10.3. The highest BCUT2D eigenvalue weighted by Crippen LogP contribution is 2.31. The van der Waals surface area contributed by atoms with E-state index in [4.69, 9.17) is 4.74 Å². The number of nitrogens with one attached hydrogen (secondary N) is 1. The zero-order valence-electron chi connectivity index (χ0n) is 13.1. The third-order valence-corrected chi connectivity index (χ3v) is 3.64. The van der Waals surface area contributed by atoms with Crippen LogP contribution in [0.2, 0.25) is 0 Å². The topological polar surface area (TPSA) is 34.2 Å². The molecule has 2 rings (SSSR count). The van der Waals surface area contributed by atoms with Gasteiger partial charge in [-0.2, -0.15) is 0 Å². The van der Waals surface area contributed by atoms with Crippen molar-refractivity contribution in [3.8, 4) is 11.5 Å². The number of rotatable bonds is 7. The number of benzene rings is 1. The summed E-state index contributed by atoms with van der Waals surface area (Å²) in [5, 5.41) is 3.30. The maximum absolute atomic E-state index is 6.06. The third-order valence-electron chi connectivity index (χ3n) is 3.64. The Kier molecular flexibility index (Phi) is 5.76. The molecule has 2 aromatic rings. The fraction of sp³-hybridized carbons (Fsp3) is 0.389. The first-order valence-electron chi connectivity index (χ1n) is 7.66. The summed E-state index contributed by atoms with van der Waals surface area (Å²) in [6.45, 7) is 8.27. The number of para-hydroxylation sites is 1. The second-order valence-electron chi connectivity index (χ2n) is 5.26. The van der Waals surface area contributed by atoms with Crippen LogP contribution in [0.25, 0.3) is 0 Å². The van der Waals surface area contributed by atoms with E-state index in [1.807, 2.05) is 24.4 Å². The van der Waals surface area contributed by atoms with E-state index >= 15 is 0 Å². The van der Waals surface area contributed by atoms with Crippen molar-refractivity contribution in [2.24, 2.45) is 0 Å². The van der Waals surface area contributed by atoms with Crippen LogP contribution in [0.4, 0.5) is 0 Å². The molecule has 1 aromatic carbocycles. The van der Waals surface area contributed by atoms with Gasteiger partial charge in [-0.3, -0.25) is 4.98 Å². The summed E-state index contributed by atoms with van der Waals surface area (Å²) < 4.78 is 6.06. The molecule has 0 aliphatic rings. The van der Waals surface area contributed by atoms with Crippen molar-refractivity contribution >= 4 is 0 Å². The van der Waals surface area contributed by atoms with Crippen LogP contribution in [0.3, 0.4) is 0 Å². The first kappa shape index (κ1) is 15.5. The van der Waals surface area contributed by atoms with Gasteiger partial charge in [-0.05, 0) is 42.1 Å². The Bertz CT molecular complexity index is 569. The summed E-state index contributed by atoms with van der Waals surface area (Å²) in [5.41, 5.74) is 2.38. The molecule has 0 saturated heterocycles. The van der Waals surface area contributed by atoms with Gasteiger partial charge in [0, 0.05) is 12.7 Å². The van der Waals surface area contributed by atoms with Crippen molar-refractivity contribution in [3.63, 3.8) is 0 Å². The van der Waals surface area contributed by atoms with E-state index in [0.29, 0.717) is 5.92 Å². The molecule has 3 heteroatoms. The highest BCUT2D eigenvalue weighted by atomic mass is 16.5. The molecule has 1 aromatic heterocycles. The highest BCUT2D eigenvalue weighted by molar-refractivity contribution is 5.39. The second kappa shape index (κ2) is 7.79. The van der Waals surface area contributed by atoms with Crippen LogP contribution >= 0.6 is 0 Å². The van der Waals surface area contributed by atoms with E-state index in [2.05, 4.69) is 43.2 Å². The minimum absolute atomic E-state index is 0.485. The van der Waals surface area contributed by atoms with E-state index < -0.39 is 0 Å². The summed E-state index contributed by atoms with van der Waals surface area (Å²) in [7, 11) is 0. The molecule has 0 saturated carbocycles. The van der Waals surface area contributed by atoms with Gasteiger partial charge < -0.3 is 10.1 Å². The smallest absolute Gasteiger partial charge is 0.146 e. The number of nitrogens with zero attached hydrogens (tertiary/aromatic N) is 1. The lowest BCUT2D eigenvalue weighted by Gasteiger charge is -2.15. The Morgan fingerprint density at radius 1 is 1.19 bits per heavy atom. The van der Waals surface area contributed by atoms with Crippen molar-refractivity contribution in [3.05, 3.63) is 53.9 Å². The van der Waals surface area contributed by atoms with Gasteiger partial charge in [0.15, 0.2) is 0 Å². The number of hydrogen-bond donors (Lipinski definition) is 1. The molecule has 0 aliphatic heterocycles. The first-order chi connectivity index (χ1) is 10.2. The Balaban J connectivity index is 2.18. The van der Waals surface area contributed by atoms with Gasteiger partial charge in [-0.25, -0.2) is 0 Å². The molecule has 1 atom stereocenters. The van der Waals surface area contributed by atoms with Crippen LogP contribution < -0.4 is 10.1 Å². The number of pyridine rings is 1. The molecule has 0 fully saturated rings. The number of aromatic nitrogens is 1. The summed E-state index contributed by atoms with van der Waals surface area (Å²) in [4.78, 5) is 4.26. The zero-order chi connectivity index (χ0) is 15.1. The fourth-order valence-electron chi connectivity index (χ4n) is 2.21. The monoisotopic (exact) mass is 284 g/mol. The molecule has 0 spiro atoms. The minimum atomic E-state index is 0.485. The lowest BCUT2D eigenvalue weighted by Crippen LogP contribution is -2.11. The predicted octanol–water partition coefficient (Wildman–Crippen LogP) is 4.50. The molecule has 112 valence electrons. The number of ether oxygens (including phenoxy) is 1. The summed E-state index contributed by atoms with van der Waals surface area (Å²) in [5.74, 6) is 2.20. The summed E-state index contributed by atoms with van der Waals surface area (Å²) in [6.07, 6.45) is 4.73. The average Bonchev–Trinajstić information content (AvgIpc) is 2.53. The van der Waals surface area contributed by atoms with Gasteiger partial charge >= 0.3 is 0 Å². The van der Waals surface area contributed by atoms with E-state index in [0.717, 1.165) is 36.6 Å². The van der Waals surface area contributed by atoms with Gasteiger partial charge in [0.25, 0.3) is 0 Å². The van der Waals surface area contributed by atoms with Gasteiger partial charge in [0.2, 0.25) is 0 Å². The van der Waals surface area contributed by atoms with E-state index in [1.54, 1.807) is 6.20 Å².